The van der Waals surface area contributed by atoms with Gasteiger partial charge in [-0.2, -0.15) is 13.2 Å². The van der Waals surface area contributed by atoms with E-state index in [1.807, 2.05) is 0 Å². The van der Waals surface area contributed by atoms with Gasteiger partial charge in [0, 0.05) is 12.1 Å². The minimum Gasteiger partial charge on any atom is -0.479 e. The number of rotatable bonds is 3. The summed E-state index contributed by atoms with van der Waals surface area (Å²) in [5.74, 6) is -0.0287. The number of hydrogen-bond donors (Lipinski definition) is 1. The van der Waals surface area contributed by atoms with Gasteiger partial charge >= 0.3 is 6.18 Å². The Bertz CT molecular complexity index is 396. The van der Waals surface area contributed by atoms with Crippen molar-refractivity contribution in [1.29, 1.82) is 0 Å². The van der Waals surface area contributed by atoms with Crippen molar-refractivity contribution >= 4 is 23.2 Å². The molecule has 7 heteroatoms. The molecule has 1 aromatic carbocycles. The van der Waals surface area contributed by atoms with Crippen LogP contribution in [0.25, 0.3) is 0 Å². The normalized spacial score (nSPS) is 15.5. The molecule has 0 saturated carbocycles. The van der Waals surface area contributed by atoms with Gasteiger partial charge in [-0.15, -0.1) is 0 Å². The summed E-state index contributed by atoms with van der Waals surface area (Å²) in [6, 6.07) is 2.68. The Morgan fingerprint density at radius 3 is 2.24 bits per heavy atom. The molecular weight excluding hydrogens is 278 g/mol. The molecule has 1 rings (SSSR count). The highest BCUT2D eigenvalue weighted by Gasteiger charge is 2.44. The number of hydrogen-bond acceptors (Lipinski definition) is 2. The molecule has 0 radical (unpaired) electrons. The lowest BCUT2D eigenvalue weighted by atomic mass is 10.2. The second kappa shape index (κ2) is 5.33. The van der Waals surface area contributed by atoms with E-state index in [0.29, 0.717) is 0 Å². The highest BCUT2D eigenvalue weighted by Crippen LogP contribution is 2.30. The highest BCUT2D eigenvalue weighted by atomic mass is 35.5. The minimum atomic E-state index is -4.54. The number of alkyl halides is 3. The van der Waals surface area contributed by atoms with Gasteiger partial charge in [-0.3, -0.25) is 0 Å². The Kier molecular flexibility index (Phi) is 4.52. The smallest absolute Gasteiger partial charge is 0.426 e. The fraction of sp³-hybridized carbons (Fsp3) is 0.400. The number of nitrogens with two attached hydrogens (primary N) is 1. The van der Waals surface area contributed by atoms with E-state index in [9.17, 15) is 13.2 Å². The molecule has 0 aliphatic heterocycles. The van der Waals surface area contributed by atoms with Crippen LogP contribution in [0.2, 0.25) is 10.0 Å². The second-order valence-electron chi connectivity index (χ2n) is 3.52. The molecule has 17 heavy (non-hydrogen) atoms. The van der Waals surface area contributed by atoms with Crippen molar-refractivity contribution in [3.8, 4) is 5.75 Å². The third kappa shape index (κ3) is 3.94. The number of benzene rings is 1. The molecule has 0 bridgehead atoms. The topological polar surface area (TPSA) is 35.2 Å². The van der Waals surface area contributed by atoms with Crippen LogP contribution in [0.4, 0.5) is 13.2 Å². The Hall–Kier alpha value is -0.650. The summed E-state index contributed by atoms with van der Waals surface area (Å²) < 4.78 is 42.5. The lowest BCUT2D eigenvalue weighted by molar-refractivity contribution is -0.199. The van der Waals surface area contributed by atoms with Crippen molar-refractivity contribution in [3.05, 3.63) is 28.2 Å². The quantitative estimate of drug-likeness (QED) is 0.921. The molecular formula is C10H10Cl2F3NO. The lowest BCUT2D eigenvalue weighted by Crippen LogP contribution is -2.47. The Balaban J connectivity index is 2.91. The van der Waals surface area contributed by atoms with Crippen LogP contribution in [0, 0.1) is 0 Å². The van der Waals surface area contributed by atoms with E-state index in [0.717, 1.165) is 0 Å². The van der Waals surface area contributed by atoms with Crippen LogP contribution in [0.15, 0.2) is 18.2 Å². The van der Waals surface area contributed by atoms with Crippen LogP contribution in [0.3, 0.4) is 0 Å². The molecule has 0 fully saturated rings. The molecule has 0 saturated heterocycles. The van der Waals surface area contributed by atoms with E-state index in [1.54, 1.807) is 0 Å². The van der Waals surface area contributed by atoms with Gasteiger partial charge in [-0.1, -0.05) is 23.2 Å². The van der Waals surface area contributed by atoms with Crippen LogP contribution in [-0.4, -0.2) is 18.3 Å². The van der Waals surface area contributed by atoms with Crippen LogP contribution < -0.4 is 10.5 Å². The van der Waals surface area contributed by atoms with Crippen LogP contribution in [0.1, 0.15) is 6.92 Å². The summed E-state index contributed by atoms with van der Waals surface area (Å²) in [6.07, 6.45) is -6.62. The van der Waals surface area contributed by atoms with Gasteiger partial charge in [-0.25, -0.2) is 0 Å². The van der Waals surface area contributed by atoms with E-state index in [1.165, 1.54) is 25.1 Å². The molecule has 2 unspecified atom stereocenters. The van der Waals surface area contributed by atoms with E-state index in [2.05, 4.69) is 0 Å². The largest absolute Gasteiger partial charge is 0.479 e. The molecule has 0 aromatic heterocycles. The second-order valence-corrected chi connectivity index (χ2v) is 4.33. The van der Waals surface area contributed by atoms with Crippen molar-refractivity contribution < 1.29 is 17.9 Å². The molecule has 2 nitrogen and oxygen atoms in total. The fourth-order valence-electron chi connectivity index (χ4n) is 1.17. The highest BCUT2D eigenvalue weighted by molar-refractivity contribution is 6.42. The molecule has 0 amide bonds. The van der Waals surface area contributed by atoms with Crippen LogP contribution >= 0.6 is 23.2 Å². The van der Waals surface area contributed by atoms with Gasteiger partial charge in [0.05, 0.1) is 10.0 Å². The molecule has 1 aromatic rings. The first-order valence-corrected chi connectivity index (χ1v) is 5.41. The Labute approximate surface area is 106 Å². The maximum absolute atomic E-state index is 12.6. The average molecular weight is 288 g/mol. The third-order valence-electron chi connectivity index (χ3n) is 1.95. The molecule has 2 N–H and O–H groups in total. The lowest BCUT2D eigenvalue weighted by Gasteiger charge is -2.24. The van der Waals surface area contributed by atoms with Crippen molar-refractivity contribution in [1.82, 2.24) is 0 Å². The van der Waals surface area contributed by atoms with Crippen LogP contribution in [-0.2, 0) is 0 Å². The molecule has 0 aliphatic carbocycles. The van der Waals surface area contributed by atoms with Gasteiger partial charge in [-0.05, 0) is 19.1 Å². The first-order valence-electron chi connectivity index (χ1n) is 4.66. The van der Waals surface area contributed by atoms with Gasteiger partial charge in [0.2, 0.25) is 6.10 Å². The summed E-state index contributed by atoms with van der Waals surface area (Å²) in [5.41, 5.74) is 5.23. The zero-order chi connectivity index (χ0) is 13.2. The summed E-state index contributed by atoms with van der Waals surface area (Å²) >= 11 is 11.3. The zero-order valence-electron chi connectivity index (χ0n) is 8.76. The Morgan fingerprint density at radius 2 is 1.82 bits per heavy atom. The average Bonchev–Trinajstić information content (AvgIpc) is 2.17. The van der Waals surface area contributed by atoms with Crippen molar-refractivity contribution in [2.45, 2.75) is 25.2 Å². The predicted octanol–water partition coefficient (Wildman–Crippen LogP) is 3.65. The SMILES string of the molecule is CC(N)C(Oc1ccc(Cl)c(Cl)c1)C(F)(F)F. The van der Waals surface area contributed by atoms with Crippen molar-refractivity contribution in [2.24, 2.45) is 5.73 Å². The fourth-order valence-corrected chi connectivity index (χ4v) is 1.46. The van der Waals surface area contributed by atoms with E-state index >= 15 is 0 Å². The molecule has 2 atom stereocenters. The van der Waals surface area contributed by atoms with Gasteiger partial charge in [0.25, 0.3) is 0 Å². The minimum absolute atomic E-state index is 0.0287. The molecule has 0 aliphatic rings. The molecule has 96 valence electrons. The first kappa shape index (κ1) is 14.4. The number of halogens is 5. The van der Waals surface area contributed by atoms with Crippen LogP contribution in [0.5, 0.6) is 5.75 Å². The predicted molar refractivity (Wildman–Crippen MR) is 60.6 cm³/mol. The maximum Gasteiger partial charge on any atom is 0.426 e. The monoisotopic (exact) mass is 287 g/mol. The van der Waals surface area contributed by atoms with E-state index in [4.69, 9.17) is 33.7 Å². The molecule has 0 heterocycles. The first-order chi connectivity index (χ1) is 7.71. The maximum atomic E-state index is 12.6. The van der Waals surface area contributed by atoms with E-state index in [-0.39, 0.29) is 15.8 Å². The van der Waals surface area contributed by atoms with Crippen molar-refractivity contribution in [2.75, 3.05) is 0 Å². The summed E-state index contributed by atoms with van der Waals surface area (Å²) in [4.78, 5) is 0. The van der Waals surface area contributed by atoms with Gasteiger partial charge < -0.3 is 10.5 Å². The standard InChI is InChI=1S/C10H10Cl2F3NO/c1-5(16)9(10(13,14)15)17-6-2-3-7(11)8(12)4-6/h2-5,9H,16H2,1H3. The number of ether oxygens (including phenoxy) is 1. The third-order valence-corrected chi connectivity index (χ3v) is 2.69. The van der Waals surface area contributed by atoms with Gasteiger partial charge in [0.1, 0.15) is 5.75 Å². The zero-order valence-corrected chi connectivity index (χ0v) is 10.3. The summed E-state index contributed by atoms with van der Waals surface area (Å²) in [6.45, 7) is 1.22. The Morgan fingerprint density at radius 1 is 1.24 bits per heavy atom. The van der Waals surface area contributed by atoms with Gasteiger partial charge in [0.15, 0.2) is 0 Å². The van der Waals surface area contributed by atoms with Crippen molar-refractivity contribution in [3.63, 3.8) is 0 Å². The van der Waals surface area contributed by atoms with E-state index < -0.39 is 18.3 Å². The molecule has 0 spiro atoms. The summed E-state index contributed by atoms with van der Waals surface area (Å²) in [7, 11) is 0. The summed E-state index contributed by atoms with van der Waals surface area (Å²) in [5, 5.41) is 0.359.